The summed E-state index contributed by atoms with van der Waals surface area (Å²) in [5, 5.41) is 8.76. The van der Waals surface area contributed by atoms with Gasteiger partial charge < -0.3 is 9.67 Å². The first-order valence-electron chi connectivity index (χ1n) is 7.05. The number of aryl methyl sites for hydroxylation is 1. The topological polar surface area (TPSA) is 55.1 Å². The third-order valence-corrected chi connectivity index (χ3v) is 3.84. The van der Waals surface area contributed by atoms with Gasteiger partial charge in [-0.3, -0.25) is 4.79 Å². The summed E-state index contributed by atoms with van der Waals surface area (Å²) >= 11 is 0. The molecule has 1 aromatic carbocycles. The van der Waals surface area contributed by atoms with Crippen molar-refractivity contribution in [3.8, 4) is 0 Å². The zero-order valence-electron chi connectivity index (χ0n) is 11.4. The highest BCUT2D eigenvalue weighted by Crippen LogP contribution is 2.20. The number of nitrogens with zero attached hydrogens (tertiary/aromatic N) is 2. The molecule has 104 valence electrons. The molecule has 0 atom stereocenters. The van der Waals surface area contributed by atoms with Crippen molar-refractivity contribution in [2.45, 2.75) is 38.6 Å². The first-order chi connectivity index (χ1) is 9.72. The van der Waals surface area contributed by atoms with Gasteiger partial charge in [0.25, 0.3) is 0 Å². The molecular formula is C16H18N2O2. The Morgan fingerprint density at radius 1 is 1.15 bits per heavy atom. The second-order valence-corrected chi connectivity index (χ2v) is 5.36. The van der Waals surface area contributed by atoms with Crippen LogP contribution in [0.1, 0.15) is 35.4 Å². The number of fused-ring (bicyclic) bond motifs is 1. The quantitative estimate of drug-likeness (QED) is 0.928. The Hall–Kier alpha value is -2.10. The van der Waals surface area contributed by atoms with E-state index in [9.17, 15) is 4.79 Å². The van der Waals surface area contributed by atoms with Crippen molar-refractivity contribution in [3.63, 3.8) is 0 Å². The molecule has 0 spiro atoms. The van der Waals surface area contributed by atoms with Gasteiger partial charge in [0.1, 0.15) is 0 Å². The average molecular weight is 270 g/mol. The van der Waals surface area contributed by atoms with Gasteiger partial charge in [-0.25, -0.2) is 4.98 Å². The molecule has 4 heteroatoms. The van der Waals surface area contributed by atoms with Crippen LogP contribution in [-0.2, 0) is 30.6 Å². The van der Waals surface area contributed by atoms with E-state index in [2.05, 4.69) is 9.55 Å². The van der Waals surface area contributed by atoms with Crippen LogP contribution in [0, 0.1) is 0 Å². The van der Waals surface area contributed by atoms with Crippen LogP contribution in [0.4, 0.5) is 0 Å². The minimum Gasteiger partial charge on any atom is -0.481 e. The number of imidazole rings is 1. The highest BCUT2D eigenvalue weighted by molar-refractivity contribution is 5.70. The molecule has 0 aliphatic heterocycles. The second kappa shape index (κ2) is 5.49. The molecule has 4 nitrogen and oxygen atoms in total. The van der Waals surface area contributed by atoms with Crippen molar-refractivity contribution in [1.29, 1.82) is 0 Å². The maximum atomic E-state index is 10.7. The molecule has 0 amide bonds. The van der Waals surface area contributed by atoms with E-state index in [-0.39, 0.29) is 6.42 Å². The summed E-state index contributed by atoms with van der Waals surface area (Å²) < 4.78 is 2.22. The fraction of sp³-hybridized carbons (Fsp3) is 0.375. The minimum atomic E-state index is -0.790. The molecule has 1 aliphatic carbocycles. The molecule has 1 heterocycles. The van der Waals surface area contributed by atoms with E-state index >= 15 is 0 Å². The highest BCUT2D eigenvalue weighted by atomic mass is 16.4. The van der Waals surface area contributed by atoms with Crippen LogP contribution in [0.25, 0.3) is 0 Å². The van der Waals surface area contributed by atoms with Gasteiger partial charge >= 0.3 is 5.97 Å². The zero-order chi connectivity index (χ0) is 13.9. The number of aliphatic carboxylic acids is 1. The van der Waals surface area contributed by atoms with Gasteiger partial charge in [0.05, 0.1) is 18.4 Å². The molecular weight excluding hydrogens is 252 g/mol. The lowest BCUT2D eigenvalue weighted by Crippen LogP contribution is -2.09. The Morgan fingerprint density at radius 3 is 2.60 bits per heavy atom. The number of hydrogen-bond acceptors (Lipinski definition) is 2. The van der Waals surface area contributed by atoms with Crippen LogP contribution in [0.3, 0.4) is 0 Å². The third-order valence-electron chi connectivity index (χ3n) is 3.84. The number of carboxylic acid groups (broad SMARTS) is 1. The average Bonchev–Trinajstić information content (AvgIpc) is 2.84. The SMILES string of the molecule is O=C(O)Cc1ccc(Cn2cnc3c2CCCC3)cc1. The van der Waals surface area contributed by atoms with E-state index in [1.807, 2.05) is 30.6 Å². The molecule has 1 aromatic heterocycles. The van der Waals surface area contributed by atoms with Crippen LogP contribution >= 0.6 is 0 Å². The molecule has 0 bridgehead atoms. The zero-order valence-corrected chi connectivity index (χ0v) is 11.4. The Morgan fingerprint density at radius 2 is 1.85 bits per heavy atom. The van der Waals surface area contributed by atoms with Crippen LogP contribution in [0.15, 0.2) is 30.6 Å². The molecule has 1 aliphatic rings. The van der Waals surface area contributed by atoms with Crippen LogP contribution in [0.5, 0.6) is 0 Å². The molecule has 0 unspecified atom stereocenters. The van der Waals surface area contributed by atoms with Crippen LogP contribution in [-0.4, -0.2) is 20.6 Å². The first-order valence-corrected chi connectivity index (χ1v) is 7.05. The summed E-state index contributed by atoms with van der Waals surface area (Å²) in [5.74, 6) is -0.790. The third kappa shape index (κ3) is 2.74. The lowest BCUT2D eigenvalue weighted by Gasteiger charge is -2.14. The number of hydrogen-bond donors (Lipinski definition) is 1. The van der Waals surface area contributed by atoms with Gasteiger partial charge in [-0.1, -0.05) is 24.3 Å². The van der Waals surface area contributed by atoms with Crippen molar-refractivity contribution in [3.05, 3.63) is 53.1 Å². The number of aromatic nitrogens is 2. The molecule has 3 rings (SSSR count). The summed E-state index contributed by atoms with van der Waals surface area (Å²) in [5.41, 5.74) is 4.64. The highest BCUT2D eigenvalue weighted by Gasteiger charge is 2.15. The van der Waals surface area contributed by atoms with E-state index in [0.29, 0.717) is 0 Å². The minimum absolute atomic E-state index is 0.0841. The molecule has 20 heavy (non-hydrogen) atoms. The Labute approximate surface area is 118 Å². The predicted octanol–water partition coefficient (Wildman–Crippen LogP) is 2.44. The fourth-order valence-electron chi connectivity index (χ4n) is 2.80. The largest absolute Gasteiger partial charge is 0.481 e. The van der Waals surface area contributed by atoms with Crippen LogP contribution in [0.2, 0.25) is 0 Å². The van der Waals surface area contributed by atoms with Crippen LogP contribution < -0.4 is 0 Å². The monoisotopic (exact) mass is 270 g/mol. The van der Waals surface area contributed by atoms with E-state index < -0.39 is 5.97 Å². The maximum Gasteiger partial charge on any atom is 0.307 e. The van der Waals surface area contributed by atoms with Gasteiger partial charge in [-0.15, -0.1) is 0 Å². The number of benzene rings is 1. The molecule has 0 saturated heterocycles. The van der Waals surface area contributed by atoms with E-state index in [0.717, 1.165) is 24.9 Å². The molecule has 0 radical (unpaired) electrons. The van der Waals surface area contributed by atoms with Crippen molar-refractivity contribution in [2.24, 2.45) is 0 Å². The second-order valence-electron chi connectivity index (χ2n) is 5.36. The lowest BCUT2D eigenvalue weighted by molar-refractivity contribution is -0.136. The van der Waals surface area contributed by atoms with Crippen molar-refractivity contribution in [1.82, 2.24) is 9.55 Å². The number of carboxylic acids is 1. The van der Waals surface area contributed by atoms with Gasteiger partial charge in [0.15, 0.2) is 0 Å². The Kier molecular flexibility index (Phi) is 3.54. The Balaban J connectivity index is 1.74. The van der Waals surface area contributed by atoms with E-state index in [1.165, 1.54) is 29.8 Å². The van der Waals surface area contributed by atoms with E-state index in [1.54, 1.807) is 0 Å². The van der Waals surface area contributed by atoms with Gasteiger partial charge in [0.2, 0.25) is 0 Å². The molecule has 1 N–H and O–H groups in total. The van der Waals surface area contributed by atoms with E-state index in [4.69, 9.17) is 5.11 Å². The van der Waals surface area contributed by atoms with Crippen molar-refractivity contribution in [2.75, 3.05) is 0 Å². The summed E-state index contributed by atoms with van der Waals surface area (Å²) in [7, 11) is 0. The van der Waals surface area contributed by atoms with Gasteiger partial charge in [-0.05, 0) is 36.8 Å². The molecule has 0 fully saturated rings. The Bertz CT molecular complexity index is 614. The molecule has 2 aromatic rings. The number of rotatable bonds is 4. The first kappa shape index (κ1) is 12.9. The number of carbonyl (C=O) groups is 1. The lowest BCUT2D eigenvalue weighted by atomic mass is 10.0. The predicted molar refractivity (Wildman–Crippen MR) is 75.8 cm³/mol. The summed E-state index contributed by atoms with van der Waals surface area (Å²) in [6.07, 6.45) is 6.72. The fourth-order valence-corrected chi connectivity index (χ4v) is 2.80. The smallest absolute Gasteiger partial charge is 0.307 e. The van der Waals surface area contributed by atoms with Gasteiger partial charge in [-0.2, -0.15) is 0 Å². The summed E-state index contributed by atoms with van der Waals surface area (Å²) in [6.45, 7) is 0.815. The molecule has 0 saturated carbocycles. The normalized spacial score (nSPS) is 14.0. The summed E-state index contributed by atoms with van der Waals surface area (Å²) in [4.78, 5) is 15.2. The maximum absolute atomic E-state index is 10.7. The van der Waals surface area contributed by atoms with Crippen molar-refractivity contribution >= 4 is 5.97 Å². The summed E-state index contributed by atoms with van der Waals surface area (Å²) in [6, 6.07) is 7.81. The standard InChI is InChI=1S/C16H18N2O2/c19-16(20)9-12-5-7-13(8-6-12)10-18-11-17-14-3-1-2-4-15(14)18/h5-8,11H,1-4,9-10H2,(H,19,20). The van der Waals surface area contributed by atoms with Crippen molar-refractivity contribution < 1.29 is 9.90 Å². The van der Waals surface area contributed by atoms with Gasteiger partial charge in [0, 0.05) is 12.2 Å².